The molecule has 4 rings (SSSR count). The number of nitrogens with zero attached hydrogens (tertiary/aromatic N) is 1. The van der Waals surface area contributed by atoms with Crippen molar-refractivity contribution in [1.29, 1.82) is 5.26 Å². The average molecular weight is 309 g/mol. The summed E-state index contributed by atoms with van der Waals surface area (Å²) in [4.78, 5) is 13.3. The molecule has 1 aromatic carbocycles. The summed E-state index contributed by atoms with van der Waals surface area (Å²) in [6, 6.07) is 10.0. The third-order valence-corrected chi connectivity index (χ3v) is 5.27. The van der Waals surface area contributed by atoms with Gasteiger partial charge in [0.25, 0.3) is 5.91 Å². The van der Waals surface area contributed by atoms with E-state index in [1.165, 1.54) is 0 Å². The molecule has 22 heavy (non-hydrogen) atoms. The summed E-state index contributed by atoms with van der Waals surface area (Å²) in [5.41, 5.74) is 2.96. The molecule has 2 atom stereocenters. The summed E-state index contributed by atoms with van der Waals surface area (Å²) < 4.78 is 0. The van der Waals surface area contributed by atoms with Gasteiger partial charge in [0, 0.05) is 11.3 Å². The van der Waals surface area contributed by atoms with E-state index in [-0.39, 0.29) is 5.91 Å². The maximum atomic E-state index is 12.9. The number of carbonyl (C=O) groups is 1. The Hall–Kier alpha value is -2.19. The molecule has 4 nitrogen and oxygen atoms in total. The van der Waals surface area contributed by atoms with E-state index in [0.717, 1.165) is 48.1 Å². The second-order valence-electron chi connectivity index (χ2n) is 6.01. The summed E-state index contributed by atoms with van der Waals surface area (Å²) >= 11 is 5.44. The molecule has 2 N–H and O–H groups in total. The van der Waals surface area contributed by atoms with Gasteiger partial charge in [-0.3, -0.25) is 4.79 Å². The zero-order chi connectivity index (χ0) is 15.3. The summed E-state index contributed by atoms with van der Waals surface area (Å²) in [6.07, 6.45) is 3.79. The SMILES string of the molecule is N#C[C@H]1C(=S)N[C@]2(C(=O)Nc3ccccc32)C2=C1CCCC2. The molecule has 110 valence electrons. The lowest BCUT2D eigenvalue weighted by atomic mass is 9.69. The Morgan fingerprint density at radius 3 is 2.86 bits per heavy atom. The third-order valence-electron chi connectivity index (χ3n) is 4.93. The molecular formula is C17H15N3OS. The molecule has 1 aliphatic carbocycles. The van der Waals surface area contributed by atoms with Crippen LogP contribution in [-0.4, -0.2) is 10.9 Å². The smallest absolute Gasteiger partial charge is 0.259 e. The van der Waals surface area contributed by atoms with Gasteiger partial charge in [0.2, 0.25) is 0 Å². The minimum absolute atomic E-state index is 0.0816. The van der Waals surface area contributed by atoms with Gasteiger partial charge < -0.3 is 10.6 Å². The van der Waals surface area contributed by atoms with Crippen LogP contribution in [0.3, 0.4) is 0 Å². The molecule has 0 bridgehead atoms. The summed E-state index contributed by atoms with van der Waals surface area (Å²) in [5.74, 6) is -0.474. The molecule has 0 aromatic heterocycles. The monoisotopic (exact) mass is 309 g/mol. The average Bonchev–Trinajstić information content (AvgIpc) is 2.81. The number of hydrogen-bond donors (Lipinski definition) is 2. The predicted molar refractivity (Wildman–Crippen MR) is 87.1 cm³/mol. The number of anilines is 1. The van der Waals surface area contributed by atoms with Gasteiger partial charge in [0.1, 0.15) is 5.92 Å². The Morgan fingerprint density at radius 1 is 1.27 bits per heavy atom. The standard InChI is InChI=1S/C17H15N3OS/c18-9-11-10-5-1-2-6-12(10)17(20-15(11)22)13-7-3-4-8-14(13)19-16(17)21/h3-4,7-8,11H,1-2,5-6H2,(H,19,21)(H,20,22)/t11-,17-/m1/s1. The predicted octanol–water partition coefficient (Wildman–Crippen LogP) is 2.77. The largest absolute Gasteiger partial charge is 0.357 e. The lowest BCUT2D eigenvalue weighted by Gasteiger charge is -2.42. The van der Waals surface area contributed by atoms with Crippen molar-refractivity contribution >= 4 is 28.8 Å². The highest BCUT2D eigenvalue weighted by Crippen LogP contribution is 2.49. The number of benzene rings is 1. The molecule has 1 amide bonds. The Bertz CT molecular complexity index is 776. The molecule has 0 saturated heterocycles. The van der Waals surface area contributed by atoms with Gasteiger partial charge in [-0.15, -0.1) is 0 Å². The van der Waals surface area contributed by atoms with Crippen molar-refractivity contribution in [3.8, 4) is 6.07 Å². The number of fused-ring (bicyclic) bond motifs is 3. The van der Waals surface area contributed by atoms with Crippen molar-refractivity contribution in [3.05, 3.63) is 41.0 Å². The molecule has 5 heteroatoms. The van der Waals surface area contributed by atoms with E-state index in [2.05, 4.69) is 16.7 Å². The van der Waals surface area contributed by atoms with Crippen molar-refractivity contribution in [2.45, 2.75) is 31.2 Å². The second-order valence-corrected chi connectivity index (χ2v) is 6.45. The lowest BCUT2D eigenvalue weighted by Crippen LogP contribution is -2.57. The van der Waals surface area contributed by atoms with Crippen LogP contribution in [0.1, 0.15) is 31.2 Å². The zero-order valence-corrected chi connectivity index (χ0v) is 12.8. The van der Waals surface area contributed by atoms with E-state index in [0.29, 0.717) is 4.99 Å². The van der Waals surface area contributed by atoms with Crippen molar-refractivity contribution < 1.29 is 4.79 Å². The number of amides is 1. The van der Waals surface area contributed by atoms with E-state index < -0.39 is 11.5 Å². The van der Waals surface area contributed by atoms with Gasteiger partial charge in [0.15, 0.2) is 5.54 Å². The van der Waals surface area contributed by atoms with Crippen LogP contribution in [0.25, 0.3) is 0 Å². The molecule has 2 aliphatic heterocycles. The molecule has 0 radical (unpaired) electrons. The van der Waals surface area contributed by atoms with Crippen molar-refractivity contribution in [1.82, 2.24) is 5.32 Å². The zero-order valence-electron chi connectivity index (χ0n) is 12.0. The normalized spacial score (nSPS) is 29.5. The Kier molecular flexibility index (Phi) is 2.85. The van der Waals surface area contributed by atoms with E-state index >= 15 is 0 Å². The maximum Gasteiger partial charge on any atom is 0.259 e. The molecule has 2 heterocycles. The Morgan fingerprint density at radius 2 is 2.05 bits per heavy atom. The maximum absolute atomic E-state index is 12.9. The summed E-state index contributed by atoms with van der Waals surface area (Å²) in [5, 5.41) is 15.7. The highest BCUT2D eigenvalue weighted by atomic mass is 32.1. The first kappa shape index (κ1) is 13.5. The fourth-order valence-electron chi connectivity index (χ4n) is 3.98. The number of para-hydroxylation sites is 1. The van der Waals surface area contributed by atoms with Crippen molar-refractivity contribution in [3.63, 3.8) is 0 Å². The number of hydrogen-bond acceptors (Lipinski definition) is 3. The van der Waals surface area contributed by atoms with Gasteiger partial charge in [0.05, 0.1) is 11.1 Å². The van der Waals surface area contributed by atoms with E-state index in [4.69, 9.17) is 12.2 Å². The number of nitrogens with one attached hydrogen (secondary N) is 2. The topological polar surface area (TPSA) is 64.9 Å². The van der Waals surface area contributed by atoms with Crippen LogP contribution in [0, 0.1) is 17.2 Å². The van der Waals surface area contributed by atoms with E-state index in [1.807, 2.05) is 24.3 Å². The fraction of sp³-hybridized carbons (Fsp3) is 0.353. The highest BCUT2D eigenvalue weighted by Gasteiger charge is 2.54. The van der Waals surface area contributed by atoms with Gasteiger partial charge in [-0.25, -0.2) is 0 Å². The lowest BCUT2D eigenvalue weighted by molar-refractivity contribution is -0.120. The first-order valence-corrected chi connectivity index (χ1v) is 7.94. The van der Waals surface area contributed by atoms with Crippen LogP contribution >= 0.6 is 12.2 Å². The number of nitriles is 1. The van der Waals surface area contributed by atoms with Crippen LogP contribution in [0.15, 0.2) is 35.4 Å². The summed E-state index contributed by atoms with van der Waals surface area (Å²) in [6.45, 7) is 0. The van der Waals surface area contributed by atoms with Crippen LogP contribution in [0.2, 0.25) is 0 Å². The van der Waals surface area contributed by atoms with Gasteiger partial charge in [-0.05, 0) is 42.9 Å². The molecule has 1 spiro atoms. The minimum atomic E-state index is -0.906. The van der Waals surface area contributed by atoms with E-state index in [9.17, 15) is 10.1 Å². The fourth-order valence-corrected chi connectivity index (χ4v) is 4.33. The molecule has 0 fully saturated rings. The van der Waals surface area contributed by atoms with Crippen molar-refractivity contribution in [2.75, 3.05) is 5.32 Å². The molecule has 0 saturated carbocycles. The molecule has 0 unspecified atom stereocenters. The van der Waals surface area contributed by atoms with Crippen LogP contribution < -0.4 is 10.6 Å². The molecule has 3 aliphatic rings. The number of thiocarbonyl (C=S) groups is 1. The molecular weight excluding hydrogens is 294 g/mol. The summed E-state index contributed by atoms with van der Waals surface area (Å²) in [7, 11) is 0. The quantitative estimate of drug-likeness (QED) is 0.571. The second kappa shape index (κ2) is 4.65. The molecule has 1 aromatic rings. The van der Waals surface area contributed by atoms with E-state index in [1.54, 1.807) is 0 Å². The first-order chi connectivity index (χ1) is 10.7. The Labute approximate surface area is 134 Å². The number of rotatable bonds is 0. The van der Waals surface area contributed by atoms with Crippen LogP contribution in [0.4, 0.5) is 5.69 Å². The van der Waals surface area contributed by atoms with Crippen molar-refractivity contribution in [2.24, 2.45) is 5.92 Å². The van der Waals surface area contributed by atoms with Gasteiger partial charge in [-0.2, -0.15) is 5.26 Å². The first-order valence-electron chi connectivity index (χ1n) is 7.53. The van der Waals surface area contributed by atoms with Gasteiger partial charge >= 0.3 is 0 Å². The Balaban J connectivity index is 2.01. The third kappa shape index (κ3) is 1.56. The van der Waals surface area contributed by atoms with Crippen LogP contribution in [-0.2, 0) is 10.3 Å². The minimum Gasteiger partial charge on any atom is -0.357 e. The highest BCUT2D eigenvalue weighted by molar-refractivity contribution is 7.80. The number of carbonyl (C=O) groups excluding carboxylic acids is 1. The van der Waals surface area contributed by atoms with Crippen LogP contribution in [0.5, 0.6) is 0 Å². The van der Waals surface area contributed by atoms with Gasteiger partial charge in [-0.1, -0.05) is 30.4 Å².